The van der Waals surface area contributed by atoms with Crippen molar-refractivity contribution in [2.45, 2.75) is 30.8 Å². The summed E-state index contributed by atoms with van der Waals surface area (Å²) in [6.45, 7) is 0.199. The first kappa shape index (κ1) is 25.6. The van der Waals surface area contributed by atoms with Gasteiger partial charge in [0.05, 0.1) is 15.6 Å². The van der Waals surface area contributed by atoms with Crippen LogP contribution in [0.15, 0.2) is 42.5 Å². The van der Waals surface area contributed by atoms with Gasteiger partial charge in [-0.2, -0.15) is 12.7 Å². The third-order valence-corrected chi connectivity index (χ3v) is 8.93. The molecule has 0 spiro atoms. The topological polar surface area (TPSA) is 111 Å². The van der Waals surface area contributed by atoms with Gasteiger partial charge < -0.3 is 15.5 Å². The Morgan fingerprint density at radius 1 is 1.11 bits per heavy atom. The highest BCUT2D eigenvalue weighted by Gasteiger charge is 2.45. The highest BCUT2D eigenvalue weighted by atomic mass is 35.5. The molecule has 2 aromatic carbocycles. The SMILES string of the molecule is CNC(=O)NS(=O)(=O)N1CCCC(NC(=O)C2Cc3c(ccc(Cl)c3Cl)N2C)(c2ccccc2)C1. The van der Waals surface area contributed by atoms with Crippen molar-refractivity contribution in [1.29, 1.82) is 0 Å². The van der Waals surface area contributed by atoms with Gasteiger partial charge in [0, 0.05) is 39.3 Å². The quantitative estimate of drug-likeness (QED) is 0.540. The number of amides is 3. The smallest absolute Gasteiger partial charge is 0.329 e. The molecular formula is C23H27Cl2N5O4S. The first-order chi connectivity index (χ1) is 16.6. The van der Waals surface area contributed by atoms with Crippen molar-refractivity contribution >= 4 is 51.0 Å². The number of nitrogens with one attached hydrogen (secondary N) is 3. The molecule has 0 radical (unpaired) electrons. The molecule has 1 fully saturated rings. The van der Waals surface area contributed by atoms with Crippen molar-refractivity contribution < 1.29 is 18.0 Å². The highest BCUT2D eigenvalue weighted by Crippen LogP contribution is 2.40. The second-order valence-electron chi connectivity index (χ2n) is 8.75. The third kappa shape index (κ3) is 4.93. The van der Waals surface area contributed by atoms with Gasteiger partial charge >= 0.3 is 16.2 Å². The summed E-state index contributed by atoms with van der Waals surface area (Å²) in [5.41, 5.74) is 1.44. The van der Waals surface area contributed by atoms with Crippen molar-refractivity contribution in [1.82, 2.24) is 19.7 Å². The molecular weight excluding hydrogens is 513 g/mol. The minimum atomic E-state index is -4.12. The summed E-state index contributed by atoms with van der Waals surface area (Å²) in [6.07, 6.45) is 1.40. The molecule has 2 unspecified atom stereocenters. The number of anilines is 1. The molecule has 2 heterocycles. The maximum Gasteiger partial charge on any atom is 0.329 e. The molecule has 2 aromatic rings. The van der Waals surface area contributed by atoms with Crippen LogP contribution >= 0.6 is 23.2 Å². The molecule has 0 aromatic heterocycles. The lowest BCUT2D eigenvalue weighted by Crippen LogP contribution is -2.61. The average Bonchev–Trinajstić information content (AvgIpc) is 3.19. The minimum absolute atomic E-state index is 0.0228. The Bertz CT molecular complexity index is 1240. The van der Waals surface area contributed by atoms with Gasteiger partial charge in [-0.15, -0.1) is 0 Å². The predicted molar refractivity (Wildman–Crippen MR) is 136 cm³/mol. The molecule has 188 valence electrons. The van der Waals surface area contributed by atoms with Crippen molar-refractivity contribution in [3.63, 3.8) is 0 Å². The number of piperidine rings is 1. The Morgan fingerprint density at radius 3 is 2.51 bits per heavy atom. The minimum Gasteiger partial charge on any atom is -0.362 e. The van der Waals surface area contributed by atoms with E-state index < -0.39 is 27.8 Å². The lowest BCUT2D eigenvalue weighted by molar-refractivity contribution is -0.124. The van der Waals surface area contributed by atoms with Crippen LogP contribution in [0.3, 0.4) is 0 Å². The summed E-state index contributed by atoms with van der Waals surface area (Å²) in [4.78, 5) is 27.3. The molecule has 0 aliphatic carbocycles. The second-order valence-corrected chi connectivity index (χ2v) is 11.2. The van der Waals surface area contributed by atoms with Gasteiger partial charge in [-0.25, -0.2) is 9.52 Å². The molecule has 2 atom stereocenters. The summed E-state index contributed by atoms with van der Waals surface area (Å²) in [5, 5.41) is 6.28. The Morgan fingerprint density at radius 2 is 1.83 bits per heavy atom. The number of rotatable bonds is 5. The van der Waals surface area contributed by atoms with Crippen molar-refractivity contribution in [2.75, 3.05) is 32.1 Å². The molecule has 9 nitrogen and oxygen atoms in total. The molecule has 0 bridgehead atoms. The first-order valence-corrected chi connectivity index (χ1v) is 13.3. The molecule has 1 saturated heterocycles. The van der Waals surface area contributed by atoms with Gasteiger partial charge in [0.1, 0.15) is 6.04 Å². The standard InChI is InChI=1S/C23H27Cl2N5O4S/c1-26-22(32)28-35(33,34)30-12-6-11-23(14-30,15-7-4-3-5-8-15)27-21(31)19-13-16-18(29(19)2)10-9-17(24)20(16)25/h3-5,7-10,19H,6,11-14H2,1-2H3,(H,27,31)(H2,26,28,32). The van der Waals surface area contributed by atoms with Crippen molar-refractivity contribution in [3.8, 4) is 0 Å². The van der Waals surface area contributed by atoms with E-state index in [4.69, 9.17) is 23.2 Å². The Kier molecular flexibility index (Phi) is 7.19. The van der Waals surface area contributed by atoms with E-state index in [2.05, 4.69) is 10.6 Å². The number of fused-ring (bicyclic) bond motifs is 1. The second kappa shape index (κ2) is 9.85. The predicted octanol–water partition coefficient (Wildman–Crippen LogP) is 2.64. The van der Waals surface area contributed by atoms with Gasteiger partial charge in [0.2, 0.25) is 5.91 Å². The Labute approximate surface area is 214 Å². The van der Waals surface area contributed by atoms with Crippen LogP contribution in [-0.4, -0.2) is 57.9 Å². The van der Waals surface area contributed by atoms with E-state index in [9.17, 15) is 18.0 Å². The van der Waals surface area contributed by atoms with Gasteiger partial charge in [0.25, 0.3) is 0 Å². The van der Waals surface area contributed by atoms with Crippen LogP contribution in [0.4, 0.5) is 10.5 Å². The fraction of sp³-hybridized carbons (Fsp3) is 0.391. The molecule has 35 heavy (non-hydrogen) atoms. The summed E-state index contributed by atoms with van der Waals surface area (Å²) in [6, 6.07) is 11.5. The summed E-state index contributed by atoms with van der Waals surface area (Å²) in [5.74, 6) is -0.252. The number of carbonyl (C=O) groups is 2. The molecule has 3 N–H and O–H groups in total. The first-order valence-electron chi connectivity index (χ1n) is 11.1. The molecule has 12 heteroatoms. The zero-order valence-electron chi connectivity index (χ0n) is 19.3. The summed E-state index contributed by atoms with van der Waals surface area (Å²) in [7, 11) is -0.958. The number of likely N-dealkylation sites (N-methyl/N-ethyl adjacent to an activating group) is 1. The van der Waals surface area contributed by atoms with Crippen molar-refractivity contribution in [3.05, 3.63) is 63.6 Å². The van der Waals surface area contributed by atoms with Gasteiger partial charge in [-0.1, -0.05) is 53.5 Å². The van der Waals surface area contributed by atoms with Gasteiger partial charge in [-0.3, -0.25) is 4.79 Å². The van der Waals surface area contributed by atoms with E-state index in [-0.39, 0.29) is 19.0 Å². The molecule has 2 aliphatic heterocycles. The molecule has 4 rings (SSSR count). The van der Waals surface area contributed by atoms with Crippen LogP contribution in [0.2, 0.25) is 10.0 Å². The number of nitrogens with zero attached hydrogens (tertiary/aromatic N) is 2. The maximum absolute atomic E-state index is 13.7. The molecule has 3 amide bonds. The van der Waals surface area contributed by atoms with Crippen LogP contribution in [0.25, 0.3) is 0 Å². The van der Waals surface area contributed by atoms with E-state index in [1.165, 1.54) is 11.4 Å². The number of hydrogen-bond donors (Lipinski definition) is 3. The monoisotopic (exact) mass is 539 g/mol. The zero-order valence-corrected chi connectivity index (χ0v) is 21.7. The lowest BCUT2D eigenvalue weighted by atomic mass is 9.82. The number of hydrogen-bond acceptors (Lipinski definition) is 5. The average molecular weight is 540 g/mol. The zero-order chi connectivity index (χ0) is 25.4. The van der Waals surface area contributed by atoms with Crippen LogP contribution in [-0.2, 0) is 27.0 Å². The summed E-state index contributed by atoms with van der Waals surface area (Å²) >= 11 is 12.6. The number of urea groups is 1. The third-order valence-electron chi connectivity index (χ3n) is 6.65. The summed E-state index contributed by atoms with van der Waals surface area (Å²) < 4.78 is 29.0. The van der Waals surface area contributed by atoms with E-state index in [1.807, 2.05) is 53.1 Å². The van der Waals surface area contributed by atoms with E-state index in [0.717, 1.165) is 16.8 Å². The van der Waals surface area contributed by atoms with Gasteiger partial charge in [-0.05, 0) is 36.1 Å². The maximum atomic E-state index is 13.7. The number of benzene rings is 2. The Balaban J connectivity index is 1.64. The fourth-order valence-electron chi connectivity index (χ4n) is 4.81. The molecule has 0 saturated carbocycles. The lowest BCUT2D eigenvalue weighted by Gasteiger charge is -2.43. The normalized spacial score (nSPS) is 22.4. The number of halogens is 2. The van der Waals surface area contributed by atoms with E-state index in [1.54, 1.807) is 6.07 Å². The largest absolute Gasteiger partial charge is 0.362 e. The van der Waals surface area contributed by atoms with Crippen LogP contribution in [0.1, 0.15) is 24.0 Å². The highest BCUT2D eigenvalue weighted by molar-refractivity contribution is 7.87. The van der Waals surface area contributed by atoms with Gasteiger partial charge in [0.15, 0.2) is 0 Å². The number of carbonyl (C=O) groups excluding carboxylic acids is 2. The Hall–Kier alpha value is -2.53. The molecule has 2 aliphatic rings. The van der Waals surface area contributed by atoms with Crippen LogP contribution < -0.4 is 20.3 Å². The van der Waals surface area contributed by atoms with Crippen molar-refractivity contribution in [2.24, 2.45) is 0 Å². The fourth-order valence-corrected chi connectivity index (χ4v) is 6.45. The van der Waals surface area contributed by atoms with Crippen LogP contribution in [0, 0.1) is 0 Å². The van der Waals surface area contributed by atoms with Crippen LogP contribution in [0.5, 0.6) is 0 Å². The van der Waals surface area contributed by atoms with E-state index >= 15 is 0 Å². The van der Waals surface area contributed by atoms with E-state index in [0.29, 0.717) is 29.3 Å².